The molecule has 3 aromatic carbocycles. The van der Waals surface area contributed by atoms with Crippen molar-refractivity contribution < 1.29 is 25.8 Å². The van der Waals surface area contributed by atoms with Gasteiger partial charge in [-0.3, -0.25) is 4.68 Å². The molecule has 3 aromatic heterocycles. The molecule has 0 radical (unpaired) electrons. The first-order valence-corrected chi connectivity index (χ1v) is 19.5. The third-order valence-corrected chi connectivity index (χ3v) is 10.8. The Balaban J connectivity index is 0.00000497. The molecule has 0 amide bonds. The van der Waals surface area contributed by atoms with Crippen LogP contribution in [-0.4, -0.2) is 19.3 Å². The normalized spacial score (nSPS) is 16.6. The van der Waals surface area contributed by atoms with Crippen LogP contribution in [0, 0.1) is 30.9 Å². The maximum Gasteiger partial charge on any atom is 2.00 e. The molecule has 0 saturated carbocycles. The molecule has 0 saturated heterocycles. The number of pyridine rings is 1. The van der Waals surface area contributed by atoms with Crippen molar-refractivity contribution in [2.24, 2.45) is 11.8 Å². The van der Waals surface area contributed by atoms with E-state index >= 15 is 0 Å². The summed E-state index contributed by atoms with van der Waals surface area (Å²) < 4.78 is 11.2. The zero-order valence-corrected chi connectivity index (χ0v) is 36.3. The summed E-state index contributed by atoms with van der Waals surface area (Å²) in [6.07, 6.45) is 8.68. The number of ether oxygens (including phenoxy) is 1. The van der Waals surface area contributed by atoms with Gasteiger partial charge in [0.25, 0.3) is 0 Å². The van der Waals surface area contributed by atoms with E-state index in [0.717, 1.165) is 58.1 Å². The number of aromatic nitrogens is 4. The second kappa shape index (κ2) is 15.3. The number of benzene rings is 3. The molecule has 5 nitrogen and oxygen atoms in total. The van der Waals surface area contributed by atoms with Gasteiger partial charge < -0.3 is 9.30 Å². The zero-order valence-electron chi connectivity index (χ0n) is 34.0. The fourth-order valence-corrected chi connectivity index (χ4v) is 8.29. The number of fused-ring (bicyclic) bond motifs is 3. The van der Waals surface area contributed by atoms with E-state index in [1.807, 2.05) is 18.3 Å². The van der Waals surface area contributed by atoms with Gasteiger partial charge in [-0.05, 0) is 79.8 Å². The molecular formula is C48H56N4OPt. The van der Waals surface area contributed by atoms with Crippen molar-refractivity contribution in [2.75, 3.05) is 0 Å². The fraction of sp³-hybridized carbons (Fsp3) is 0.417. The molecule has 284 valence electrons. The summed E-state index contributed by atoms with van der Waals surface area (Å²) in [5, 5.41) is 7.82. The third-order valence-electron chi connectivity index (χ3n) is 10.8. The molecule has 6 aromatic rings. The van der Waals surface area contributed by atoms with Crippen LogP contribution in [0.15, 0.2) is 78.5 Å². The molecule has 1 aliphatic rings. The molecular weight excluding hydrogens is 844 g/mol. The number of para-hydroxylation sites is 1. The third kappa shape index (κ3) is 7.76. The Morgan fingerprint density at radius 1 is 0.889 bits per heavy atom. The molecule has 0 fully saturated rings. The van der Waals surface area contributed by atoms with Gasteiger partial charge in [-0.1, -0.05) is 104 Å². The summed E-state index contributed by atoms with van der Waals surface area (Å²) in [5.41, 5.74) is 10.3. The van der Waals surface area contributed by atoms with Crippen molar-refractivity contribution in [3.05, 3.63) is 119 Å². The SMILES string of the molecule is CC1=CCC[C@H](C)C1c1c(C(C)(C)C)nn(-c2[c-]c(Oc3[c-]c4c(cc3)c3ccccc3n4-c3cc(C)ccn3)cc(CCC(C)C)c2)c1C(C)(C)C.[Pt+2]. The van der Waals surface area contributed by atoms with Crippen molar-refractivity contribution in [3.8, 4) is 23.0 Å². The average Bonchev–Trinajstić information content (AvgIpc) is 3.65. The largest absolute Gasteiger partial charge is 2.00 e. The van der Waals surface area contributed by atoms with E-state index in [1.54, 1.807) is 0 Å². The molecule has 0 aliphatic heterocycles. The van der Waals surface area contributed by atoms with Crippen molar-refractivity contribution in [1.29, 1.82) is 0 Å². The predicted octanol–water partition coefficient (Wildman–Crippen LogP) is 12.7. The standard InChI is InChI=1S/C48H56N4O.Pt/c1-30(2)19-20-34-26-35(52-46(48(9,10)11)44(45(50-52)47(6,7)8)43-32(4)15-14-16-33(43)5)28-37(27-34)53-36-21-22-39-38-17-12-13-18-40(38)51(41(39)29-36)42-25-31(3)23-24-49-42;/h12-13,15,17-18,21-27,30,33,43H,14,16,19-20H2,1-11H3;/q-2;+2/t33-,43?;/m0./s1. The van der Waals surface area contributed by atoms with Crippen LogP contribution < -0.4 is 4.74 Å². The first-order chi connectivity index (χ1) is 25.1. The monoisotopic (exact) mass is 899 g/mol. The Kier molecular flexibility index (Phi) is 11.3. The smallest absolute Gasteiger partial charge is 0.509 e. The van der Waals surface area contributed by atoms with Crippen LogP contribution in [0.3, 0.4) is 0 Å². The second-order valence-corrected chi connectivity index (χ2v) is 17.9. The van der Waals surface area contributed by atoms with Gasteiger partial charge in [0.2, 0.25) is 0 Å². The Bertz CT molecular complexity index is 2330. The topological polar surface area (TPSA) is 44.9 Å². The quantitative estimate of drug-likeness (QED) is 0.113. The van der Waals surface area contributed by atoms with Gasteiger partial charge in [-0.15, -0.1) is 35.7 Å². The molecule has 7 rings (SSSR count). The average molecular weight is 900 g/mol. The number of hydrogen-bond donors (Lipinski definition) is 0. The molecule has 1 aliphatic carbocycles. The predicted molar refractivity (Wildman–Crippen MR) is 220 cm³/mol. The van der Waals surface area contributed by atoms with Crippen molar-refractivity contribution in [3.63, 3.8) is 0 Å². The number of allylic oxidation sites excluding steroid dienone is 2. The zero-order chi connectivity index (χ0) is 37.8. The van der Waals surface area contributed by atoms with E-state index in [1.165, 1.54) is 34.5 Å². The number of rotatable bonds is 8. The van der Waals surface area contributed by atoms with Gasteiger partial charge in [0.15, 0.2) is 0 Å². The van der Waals surface area contributed by atoms with E-state index in [0.29, 0.717) is 29.3 Å². The van der Waals surface area contributed by atoms with Crippen LogP contribution in [0.2, 0.25) is 0 Å². The Morgan fingerprint density at radius 3 is 2.33 bits per heavy atom. The van der Waals surface area contributed by atoms with E-state index < -0.39 is 0 Å². The molecule has 1 unspecified atom stereocenters. The van der Waals surface area contributed by atoms with Gasteiger partial charge >= 0.3 is 21.1 Å². The first-order valence-electron chi connectivity index (χ1n) is 19.5. The van der Waals surface area contributed by atoms with E-state index in [9.17, 15) is 0 Å². The minimum Gasteiger partial charge on any atom is -0.509 e. The van der Waals surface area contributed by atoms with Crippen LogP contribution in [0.4, 0.5) is 0 Å². The summed E-state index contributed by atoms with van der Waals surface area (Å²) in [5.74, 6) is 3.63. The Morgan fingerprint density at radius 2 is 1.65 bits per heavy atom. The maximum absolute atomic E-state index is 6.79. The van der Waals surface area contributed by atoms with Gasteiger partial charge in [-0.2, -0.15) is 16.7 Å². The van der Waals surface area contributed by atoms with Gasteiger partial charge in [-0.25, -0.2) is 4.98 Å². The van der Waals surface area contributed by atoms with E-state index in [4.69, 9.17) is 14.8 Å². The summed E-state index contributed by atoms with van der Waals surface area (Å²) >= 11 is 0. The van der Waals surface area contributed by atoms with Crippen LogP contribution >= 0.6 is 0 Å². The van der Waals surface area contributed by atoms with Gasteiger partial charge in [0, 0.05) is 45.5 Å². The van der Waals surface area contributed by atoms with Gasteiger partial charge in [0.1, 0.15) is 5.82 Å². The summed E-state index contributed by atoms with van der Waals surface area (Å²) in [6.45, 7) is 25.3. The van der Waals surface area contributed by atoms with E-state index in [-0.39, 0.29) is 31.9 Å². The molecule has 54 heavy (non-hydrogen) atoms. The second-order valence-electron chi connectivity index (χ2n) is 17.9. The summed E-state index contributed by atoms with van der Waals surface area (Å²) in [4.78, 5) is 4.77. The van der Waals surface area contributed by atoms with Crippen molar-refractivity contribution >= 4 is 21.8 Å². The summed E-state index contributed by atoms with van der Waals surface area (Å²) in [6, 6.07) is 28.6. The van der Waals surface area contributed by atoms with Crippen molar-refractivity contribution in [2.45, 2.75) is 119 Å². The van der Waals surface area contributed by atoms with Gasteiger partial charge in [0.05, 0.1) is 11.4 Å². The molecule has 6 heteroatoms. The van der Waals surface area contributed by atoms with Crippen LogP contribution in [-0.2, 0) is 38.3 Å². The molecule has 0 spiro atoms. The number of hydrogen-bond acceptors (Lipinski definition) is 3. The Hall–Kier alpha value is -3.95. The fourth-order valence-electron chi connectivity index (χ4n) is 8.29. The minimum absolute atomic E-state index is 0. The molecule has 3 heterocycles. The molecule has 0 N–H and O–H groups in total. The first kappa shape index (κ1) is 39.7. The maximum atomic E-state index is 6.79. The number of aryl methyl sites for hydroxylation is 2. The van der Waals surface area contributed by atoms with E-state index in [2.05, 4.69) is 152 Å². The van der Waals surface area contributed by atoms with Crippen molar-refractivity contribution in [1.82, 2.24) is 19.3 Å². The van der Waals surface area contributed by atoms with Crippen LogP contribution in [0.25, 0.3) is 33.3 Å². The van der Waals surface area contributed by atoms with Crippen LogP contribution in [0.5, 0.6) is 11.5 Å². The summed E-state index contributed by atoms with van der Waals surface area (Å²) in [7, 11) is 0. The Labute approximate surface area is 337 Å². The number of nitrogens with zero attached hydrogens (tertiary/aromatic N) is 4. The minimum atomic E-state index is -0.165. The van der Waals surface area contributed by atoms with Crippen LogP contribution in [0.1, 0.15) is 122 Å². The molecule has 2 atom stereocenters. The molecule has 0 bridgehead atoms.